The van der Waals surface area contributed by atoms with Gasteiger partial charge in [-0.05, 0) is 44.4 Å². The molecule has 0 aliphatic heterocycles. The molecular weight excluding hydrogens is 160 g/mol. The molecule has 0 saturated carbocycles. The Morgan fingerprint density at radius 3 is 2.54 bits per heavy atom. The van der Waals surface area contributed by atoms with Crippen molar-refractivity contribution in [3.05, 3.63) is 29.3 Å². The molecule has 0 fully saturated rings. The Kier molecular flexibility index (Phi) is 3.35. The summed E-state index contributed by atoms with van der Waals surface area (Å²) in [5.74, 6) is 1.02. The third kappa shape index (κ3) is 2.76. The van der Waals surface area contributed by atoms with Crippen molar-refractivity contribution >= 4 is 0 Å². The zero-order valence-corrected chi connectivity index (χ0v) is 8.92. The summed E-state index contributed by atoms with van der Waals surface area (Å²) < 4.78 is 5.69. The molecular formula is C12H18O. The van der Waals surface area contributed by atoms with Crippen molar-refractivity contribution in [3.8, 4) is 5.75 Å². The van der Waals surface area contributed by atoms with E-state index in [1.54, 1.807) is 0 Å². The third-order valence-corrected chi connectivity index (χ3v) is 2.02. The highest BCUT2D eigenvalue weighted by Crippen LogP contribution is 2.20. The summed E-state index contributed by atoms with van der Waals surface area (Å²) in [4.78, 5) is 0. The first-order valence-electron chi connectivity index (χ1n) is 4.89. The van der Waals surface area contributed by atoms with Gasteiger partial charge in [-0.15, -0.1) is 0 Å². The maximum atomic E-state index is 5.69. The Bertz CT molecular complexity index is 276. The van der Waals surface area contributed by atoms with E-state index in [1.165, 1.54) is 11.1 Å². The summed E-state index contributed by atoms with van der Waals surface area (Å²) in [7, 11) is 0. The smallest absolute Gasteiger partial charge is 0.122 e. The van der Waals surface area contributed by atoms with Crippen LogP contribution in [0.5, 0.6) is 5.75 Å². The molecule has 72 valence electrons. The second-order valence-corrected chi connectivity index (χ2v) is 3.62. The van der Waals surface area contributed by atoms with Crippen molar-refractivity contribution in [2.24, 2.45) is 0 Å². The highest BCUT2D eigenvalue weighted by atomic mass is 16.5. The van der Waals surface area contributed by atoms with Crippen molar-refractivity contribution in [2.75, 3.05) is 0 Å². The van der Waals surface area contributed by atoms with E-state index in [1.807, 2.05) is 0 Å². The second-order valence-electron chi connectivity index (χ2n) is 3.62. The van der Waals surface area contributed by atoms with Crippen LogP contribution in [-0.4, -0.2) is 6.10 Å². The van der Waals surface area contributed by atoms with E-state index in [-0.39, 0.29) is 6.10 Å². The van der Waals surface area contributed by atoms with Gasteiger partial charge in [0.25, 0.3) is 0 Å². The molecule has 0 aliphatic rings. The average molecular weight is 178 g/mol. The van der Waals surface area contributed by atoms with Crippen molar-refractivity contribution in [3.63, 3.8) is 0 Å². The van der Waals surface area contributed by atoms with Crippen molar-refractivity contribution in [2.45, 2.75) is 40.2 Å². The first-order chi connectivity index (χ1) is 6.13. The van der Waals surface area contributed by atoms with Crippen LogP contribution in [0.25, 0.3) is 0 Å². The van der Waals surface area contributed by atoms with Gasteiger partial charge in [0.05, 0.1) is 6.10 Å². The minimum absolute atomic E-state index is 0.255. The number of hydrogen-bond donors (Lipinski definition) is 0. The summed E-state index contributed by atoms with van der Waals surface area (Å²) in [6.07, 6.45) is 1.32. The normalized spacial score (nSPS) is 10.5. The fourth-order valence-corrected chi connectivity index (χ4v) is 1.25. The predicted octanol–water partition coefficient (Wildman–Crippen LogP) is 3.34. The molecule has 0 aliphatic carbocycles. The molecule has 1 aromatic rings. The maximum Gasteiger partial charge on any atom is 0.122 e. The Labute approximate surface area is 80.7 Å². The van der Waals surface area contributed by atoms with Crippen LogP contribution < -0.4 is 4.74 Å². The van der Waals surface area contributed by atoms with E-state index >= 15 is 0 Å². The summed E-state index contributed by atoms with van der Waals surface area (Å²) in [5, 5.41) is 0. The van der Waals surface area contributed by atoms with E-state index in [2.05, 4.69) is 45.9 Å². The van der Waals surface area contributed by atoms with Crippen LogP contribution in [0.2, 0.25) is 0 Å². The summed E-state index contributed by atoms with van der Waals surface area (Å²) in [6.45, 7) is 8.34. The van der Waals surface area contributed by atoms with Crippen LogP contribution in [0.15, 0.2) is 18.2 Å². The fourth-order valence-electron chi connectivity index (χ4n) is 1.25. The SMILES string of the molecule is CCc1ccc(C)c(OC(C)C)c1. The lowest BCUT2D eigenvalue weighted by Crippen LogP contribution is -2.06. The lowest BCUT2D eigenvalue weighted by Gasteiger charge is -2.13. The molecule has 0 amide bonds. The predicted molar refractivity (Wildman–Crippen MR) is 56.3 cm³/mol. The van der Waals surface area contributed by atoms with E-state index in [4.69, 9.17) is 4.74 Å². The molecule has 0 unspecified atom stereocenters. The zero-order chi connectivity index (χ0) is 9.84. The van der Waals surface area contributed by atoms with Crippen LogP contribution in [0, 0.1) is 6.92 Å². The van der Waals surface area contributed by atoms with Gasteiger partial charge in [0.1, 0.15) is 5.75 Å². The monoisotopic (exact) mass is 178 g/mol. The highest BCUT2D eigenvalue weighted by Gasteiger charge is 2.02. The second kappa shape index (κ2) is 4.31. The Balaban J connectivity index is 2.90. The van der Waals surface area contributed by atoms with Gasteiger partial charge in [-0.1, -0.05) is 19.1 Å². The summed E-state index contributed by atoms with van der Waals surface area (Å²) >= 11 is 0. The molecule has 0 atom stereocenters. The van der Waals surface area contributed by atoms with Crippen molar-refractivity contribution in [1.82, 2.24) is 0 Å². The van der Waals surface area contributed by atoms with E-state index in [9.17, 15) is 0 Å². The van der Waals surface area contributed by atoms with Crippen LogP contribution in [-0.2, 0) is 6.42 Å². The number of rotatable bonds is 3. The Morgan fingerprint density at radius 2 is 2.00 bits per heavy atom. The average Bonchev–Trinajstić information content (AvgIpc) is 2.08. The van der Waals surface area contributed by atoms with E-state index in [0.717, 1.165) is 12.2 Å². The zero-order valence-electron chi connectivity index (χ0n) is 8.92. The number of hydrogen-bond acceptors (Lipinski definition) is 1. The topological polar surface area (TPSA) is 9.23 Å². The lowest BCUT2D eigenvalue weighted by atomic mass is 10.1. The molecule has 0 saturated heterocycles. The van der Waals surface area contributed by atoms with Crippen LogP contribution in [0.1, 0.15) is 31.9 Å². The highest BCUT2D eigenvalue weighted by molar-refractivity contribution is 5.36. The first kappa shape index (κ1) is 10.1. The molecule has 1 aromatic carbocycles. The number of benzene rings is 1. The van der Waals surface area contributed by atoms with Crippen molar-refractivity contribution in [1.29, 1.82) is 0 Å². The lowest BCUT2D eigenvalue weighted by molar-refractivity contribution is 0.240. The van der Waals surface area contributed by atoms with Gasteiger partial charge < -0.3 is 4.74 Å². The van der Waals surface area contributed by atoms with Gasteiger partial charge in [0.2, 0.25) is 0 Å². The van der Waals surface area contributed by atoms with Gasteiger partial charge in [0.15, 0.2) is 0 Å². The van der Waals surface area contributed by atoms with Crippen LogP contribution in [0.4, 0.5) is 0 Å². The van der Waals surface area contributed by atoms with Crippen LogP contribution in [0.3, 0.4) is 0 Å². The molecule has 0 heterocycles. The first-order valence-corrected chi connectivity index (χ1v) is 4.89. The Morgan fingerprint density at radius 1 is 1.31 bits per heavy atom. The minimum atomic E-state index is 0.255. The maximum absolute atomic E-state index is 5.69. The number of ether oxygens (including phenoxy) is 1. The molecule has 0 radical (unpaired) electrons. The molecule has 1 heteroatoms. The van der Waals surface area contributed by atoms with Crippen LogP contribution >= 0.6 is 0 Å². The minimum Gasteiger partial charge on any atom is -0.491 e. The fraction of sp³-hybridized carbons (Fsp3) is 0.500. The molecule has 0 N–H and O–H groups in total. The molecule has 1 nitrogen and oxygen atoms in total. The van der Waals surface area contributed by atoms with Gasteiger partial charge >= 0.3 is 0 Å². The van der Waals surface area contributed by atoms with E-state index in [0.29, 0.717) is 0 Å². The van der Waals surface area contributed by atoms with Gasteiger partial charge in [-0.3, -0.25) is 0 Å². The molecule has 0 spiro atoms. The third-order valence-electron chi connectivity index (χ3n) is 2.02. The van der Waals surface area contributed by atoms with Crippen molar-refractivity contribution < 1.29 is 4.74 Å². The van der Waals surface area contributed by atoms with Gasteiger partial charge in [-0.25, -0.2) is 0 Å². The quantitative estimate of drug-likeness (QED) is 0.689. The molecule has 13 heavy (non-hydrogen) atoms. The summed E-state index contributed by atoms with van der Waals surface area (Å²) in [5.41, 5.74) is 2.55. The number of aryl methyl sites for hydroxylation is 2. The van der Waals surface area contributed by atoms with E-state index < -0.39 is 0 Å². The molecule has 0 bridgehead atoms. The standard InChI is InChI=1S/C12H18O/c1-5-11-7-6-10(4)12(8-11)13-9(2)3/h6-9H,5H2,1-4H3. The molecule has 0 aromatic heterocycles. The molecule has 1 rings (SSSR count). The largest absolute Gasteiger partial charge is 0.491 e. The van der Waals surface area contributed by atoms with Gasteiger partial charge in [0, 0.05) is 0 Å². The Hall–Kier alpha value is -0.980. The summed E-state index contributed by atoms with van der Waals surface area (Å²) in [6, 6.07) is 6.41. The van der Waals surface area contributed by atoms with Gasteiger partial charge in [-0.2, -0.15) is 0 Å².